The smallest absolute Gasteiger partial charge is 0.208 e. The second-order valence-corrected chi connectivity index (χ2v) is 7.13. The fourth-order valence-corrected chi connectivity index (χ4v) is 3.57. The Balaban J connectivity index is 1.82. The first kappa shape index (κ1) is 18.4. The first-order valence-electron chi connectivity index (χ1n) is 8.43. The fourth-order valence-electron chi connectivity index (χ4n) is 2.87. The van der Waals surface area contributed by atoms with Crippen LogP contribution in [-0.2, 0) is 6.42 Å². The highest BCUT2D eigenvalue weighted by molar-refractivity contribution is 7.99. The van der Waals surface area contributed by atoms with Crippen molar-refractivity contribution in [3.63, 3.8) is 0 Å². The zero-order chi connectivity index (χ0) is 18.8. The van der Waals surface area contributed by atoms with E-state index >= 15 is 0 Å². The van der Waals surface area contributed by atoms with E-state index in [1.54, 1.807) is 13.0 Å². The minimum atomic E-state index is -0.255. The number of ketones is 1. The lowest BCUT2D eigenvalue weighted by Gasteiger charge is -2.11. The Bertz CT molecular complexity index is 961. The molecule has 1 aromatic carbocycles. The molecule has 0 aliphatic rings. The summed E-state index contributed by atoms with van der Waals surface area (Å²) >= 11 is 1.31. The van der Waals surface area contributed by atoms with Crippen LogP contribution in [0.4, 0.5) is 4.39 Å². The Labute approximate surface area is 156 Å². The molecule has 0 atom stereocenters. The summed E-state index contributed by atoms with van der Waals surface area (Å²) in [6, 6.07) is 6.96. The Morgan fingerprint density at radius 3 is 2.69 bits per heavy atom. The van der Waals surface area contributed by atoms with Crippen molar-refractivity contribution < 1.29 is 9.18 Å². The summed E-state index contributed by atoms with van der Waals surface area (Å²) in [5.41, 5.74) is 3.66. The van der Waals surface area contributed by atoms with Gasteiger partial charge < -0.3 is 4.57 Å². The molecule has 0 fully saturated rings. The number of hydrogen-bond acceptors (Lipinski definition) is 4. The van der Waals surface area contributed by atoms with Gasteiger partial charge >= 0.3 is 0 Å². The quantitative estimate of drug-likeness (QED) is 0.520. The number of H-pyrrole nitrogens is 1. The number of Topliss-reactive ketones (excluding diaryl/α,β-unsaturated/α-hetero) is 1. The van der Waals surface area contributed by atoms with Crippen LogP contribution in [0, 0.1) is 26.6 Å². The molecule has 0 saturated heterocycles. The topological polar surface area (TPSA) is 63.6 Å². The Hall–Kier alpha value is -2.41. The van der Waals surface area contributed by atoms with Crippen molar-refractivity contribution in [3.8, 4) is 5.69 Å². The van der Waals surface area contributed by atoms with Crippen molar-refractivity contribution >= 4 is 17.5 Å². The summed E-state index contributed by atoms with van der Waals surface area (Å²) in [5, 5.41) is 7.51. The predicted octanol–water partition coefficient (Wildman–Crippen LogP) is 4.20. The number of aryl methyl sites for hydroxylation is 3. The van der Waals surface area contributed by atoms with Crippen LogP contribution in [0.3, 0.4) is 0 Å². The Morgan fingerprint density at radius 1 is 1.27 bits per heavy atom. The minimum Gasteiger partial charge on any atom is -0.318 e. The fraction of sp³-hybridized carbons (Fsp3) is 0.316. The molecule has 0 unspecified atom stereocenters. The molecule has 5 nitrogen and oxygen atoms in total. The number of aromatic nitrogens is 4. The van der Waals surface area contributed by atoms with E-state index in [0.29, 0.717) is 16.3 Å². The lowest BCUT2D eigenvalue weighted by molar-refractivity contribution is 0.102. The van der Waals surface area contributed by atoms with Crippen molar-refractivity contribution in [3.05, 3.63) is 58.4 Å². The molecular weight excluding hydrogens is 351 g/mol. The summed E-state index contributed by atoms with van der Waals surface area (Å²) in [6.07, 6.45) is 0.774. The van der Waals surface area contributed by atoms with Crippen molar-refractivity contribution in [1.29, 1.82) is 0 Å². The first-order chi connectivity index (χ1) is 12.4. The molecule has 0 bridgehead atoms. The van der Waals surface area contributed by atoms with Crippen LogP contribution in [0.5, 0.6) is 0 Å². The second-order valence-electron chi connectivity index (χ2n) is 6.18. The van der Waals surface area contributed by atoms with Crippen molar-refractivity contribution in [1.82, 2.24) is 19.7 Å². The van der Waals surface area contributed by atoms with E-state index in [4.69, 9.17) is 0 Å². The highest BCUT2D eigenvalue weighted by atomic mass is 32.2. The Kier molecular flexibility index (Phi) is 5.27. The maximum Gasteiger partial charge on any atom is 0.208 e. The van der Waals surface area contributed by atoms with E-state index < -0.39 is 0 Å². The molecule has 0 aliphatic carbocycles. The number of thioether (sulfide) groups is 1. The molecule has 3 aromatic rings. The highest BCUT2D eigenvalue weighted by Crippen LogP contribution is 2.24. The third-order valence-electron chi connectivity index (χ3n) is 4.32. The van der Waals surface area contributed by atoms with Gasteiger partial charge in [-0.05, 0) is 44.5 Å². The van der Waals surface area contributed by atoms with Crippen LogP contribution in [0.15, 0.2) is 29.4 Å². The van der Waals surface area contributed by atoms with Gasteiger partial charge in [-0.2, -0.15) is 0 Å². The lowest BCUT2D eigenvalue weighted by atomic mass is 10.2. The van der Waals surface area contributed by atoms with Gasteiger partial charge in [0.25, 0.3) is 0 Å². The SMILES string of the molecule is CCc1nc(SCC(=O)c2cc(C)n(-c3ccc(C)c(F)c3)c2C)n[nH]1. The molecule has 0 radical (unpaired) electrons. The normalized spacial score (nSPS) is 11.1. The van der Waals surface area contributed by atoms with Crippen LogP contribution in [0.2, 0.25) is 0 Å². The van der Waals surface area contributed by atoms with Crippen LogP contribution >= 0.6 is 11.8 Å². The van der Waals surface area contributed by atoms with Crippen LogP contribution < -0.4 is 0 Å². The molecule has 7 heteroatoms. The van der Waals surface area contributed by atoms with Gasteiger partial charge in [-0.25, -0.2) is 9.37 Å². The number of rotatable bonds is 6. The monoisotopic (exact) mass is 372 g/mol. The van der Waals surface area contributed by atoms with Crippen LogP contribution in [-0.4, -0.2) is 31.3 Å². The number of aromatic amines is 1. The number of halogens is 1. The van der Waals surface area contributed by atoms with Gasteiger partial charge in [-0.15, -0.1) is 5.10 Å². The number of carbonyl (C=O) groups excluding carboxylic acids is 1. The maximum atomic E-state index is 13.9. The summed E-state index contributed by atoms with van der Waals surface area (Å²) < 4.78 is 15.8. The molecular formula is C19H21FN4OS. The molecule has 2 aromatic heterocycles. The van der Waals surface area contributed by atoms with Crippen LogP contribution in [0.25, 0.3) is 5.69 Å². The van der Waals surface area contributed by atoms with Gasteiger partial charge in [0.1, 0.15) is 11.6 Å². The number of hydrogen-bond donors (Lipinski definition) is 1. The van der Waals surface area contributed by atoms with Crippen LogP contribution in [0.1, 0.15) is 40.1 Å². The number of benzene rings is 1. The number of nitrogens with one attached hydrogen (secondary N) is 1. The van der Waals surface area contributed by atoms with Gasteiger partial charge in [0.05, 0.1) is 5.75 Å². The molecule has 0 amide bonds. The summed E-state index contributed by atoms with van der Waals surface area (Å²) in [5.74, 6) is 0.812. The summed E-state index contributed by atoms with van der Waals surface area (Å²) in [7, 11) is 0. The predicted molar refractivity (Wildman–Crippen MR) is 101 cm³/mol. The van der Waals surface area contributed by atoms with E-state index in [-0.39, 0.29) is 17.4 Å². The third-order valence-corrected chi connectivity index (χ3v) is 5.17. The molecule has 2 heterocycles. The van der Waals surface area contributed by atoms with E-state index in [2.05, 4.69) is 15.2 Å². The average Bonchev–Trinajstić information content (AvgIpc) is 3.19. The van der Waals surface area contributed by atoms with Gasteiger partial charge in [-0.1, -0.05) is 24.8 Å². The van der Waals surface area contributed by atoms with E-state index in [1.807, 2.05) is 37.5 Å². The molecule has 0 spiro atoms. The zero-order valence-electron chi connectivity index (χ0n) is 15.3. The molecule has 136 valence electrons. The minimum absolute atomic E-state index is 0.00443. The summed E-state index contributed by atoms with van der Waals surface area (Å²) in [4.78, 5) is 17.0. The maximum absolute atomic E-state index is 13.9. The van der Waals surface area contributed by atoms with Crippen molar-refractivity contribution in [2.75, 3.05) is 5.75 Å². The largest absolute Gasteiger partial charge is 0.318 e. The number of carbonyl (C=O) groups is 1. The second kappa shape index (κ2) is 7.45. The standard InChI is InChI=1S/C19H21FN4OS/c1-5-18-21-19(23-22-18)26-10-17(25)15-8-12(3)24(13(15)4)14-7-6-11(2)16(20)9-14/h6-9H,5,10H2,1-4H3,(H,21,22,23). The van der Waals surface area contributed by atoms with Gasteiger partial charge in [0.2, 0.25) is 5.16 Å². The third kappa shape index (κ3) is 3.58. The highest BCUT2D eigenvalue weighted by Gasteiger charge is 2.18. The van der Waals surface area contributed by atoms with E-state index in [1.165, 1.54) is 17.8 Å². The molecule has 0 aliphatic heterocycles. The van der Waals surface area contributed by atoms with E-state index in [0.717, 1.165) is 29.3 Å². The first-order valence-corrected chi connectivity index (χ1v) is 9.42. The lowest BCUT2D eigenvalue weighted by Crippen LogP contribution is -2.06. The van der Waals surface area contributed by atoms with E-state index in [9.17, 15) is 9.18 Å². The molecule has 1 N–H and O–H groups in total. The molecule has 0 saturated carbocycles. The van der Waals surface area contributed by atoms with Crippen molar-refractivity contribution in [2.45, 2.75) is 39.3 Å². The molecule has 26 heavy (non-hydrogen) atoms. The van der Waals surface area contributed by atoms with Gasteiger partial charge in [0.15, 0.2) is 5.78 Å². The summed E-state index contributed by atoms with van der Waals surface area (Å²) in [6.45, 7) is 7.51. The zero-order valence-corrected chi connectivity index (χ0v) is 16.1. The number of nitrogens with zero attached hydrogens (tertiary/aromatic N) is 3. The van der Waals surface area contributed by atoms with Gasteiger partial charge in [-0.3, -0.25) is 9.89 Å². The molecule has 3 rings (SSSR count). The average molecular weight is 372 g/mol. The van der Waals surface area contributed by atoms with Gasteiger partial charge in [0, 0.05) is 29.1 Å². The Morgan fingerprint density at radius 2 is 2.04 bits per heavy atom. The van der Waals surface area contributed by atoms with Crippen molar-refractivity contribution in [2.24, 2.45) is 0 Å².